The van der Waals surface area contributed by atoms with Crippen LogP contribution in [0.5, 0.6) is 5.75 Å². The molecule has 2 nitrogen and oxygen atoms in total. The monoisotopic (exact) mass is 261 g/mol. The van der Waals surface area contributed by atoms with Crippen LogP contribution in [0.3, 0.4) is 0 Å². The fourth-order valence-electron chi connectivity index (χ4n) is 1.15. The Morgan fingerprint density at radius 1 is 1.41 bits per heavy atom. The van der Waals surface area contributed by atoms with Gasteiger partial charge in [-0.25, -0.2) is 0 Å². The average molecular weight is 261 g/mol. The number of rotatable bonds is 3. The molecule has 0 heterocycles. The van der Waals surface area contributed by atoms with Crippen LogP contribution in [-0.4, -0.2) is 18.5 Å². The molecule has 1 atom stereocenters. The molecule has 0 aliphatic heterocycles. The third kappa shape index (κ3) is 3.30. The molecule has 0 N–H and O–H groups in total. The first kappa shape index (κ1) is 13.7. The van der Waals surface area contributed by atoms with Crippen molar-refractivity contribution in [1.29, 1.82) is 5.26 Å². The summed E-state index contributed by atoms with van der Waals surface area (Å²) in [5.74, 6) is -0.0378. The van der Waals surface area contributed by atoms with Crippen molar-refractivity contribution in [2.45, 2.75) is 24.1 Å². The highest BCUT2D eigenvalue weighted by molar-refractivity contribution is 7.98. The van der Waals surface area contributed by atoms with E-state index in [9.17, 15) is 13.2 Å². The first-order valence-corrected chi connectivity index (χ1v) is 5.93. The van der Waals surface area contributed by atoms with Crippen molar-refractivity contribution < 1.29 is 17.9 Å². The highest BCUT2D eigenvalue weighted by Crippen LogP contribution is 2.31. The standard InChI is InChI=1S/C11H10F3NOS/c1-7(11(12,13)14)16-9-4-3-5-10(17-2)8(9)6-15/h3-5,7H,1-2H3. The van der Waals surface area contributed by atoms with Crippen molar-refractivity contribution in [1.82, 2.24) is 0 Å². The van der Waals surface area contributed by atoms with Crippen LogP contribution in [0.15, 0.2) is 23.1 Å². The molecule has 1 aromatic rings. The average Bonchev–Trinajstić information content (AvgIpc) is 2.27. The van der Waals surface area contributed by atoms with Gasteiger partial charge >= 0.3 is 6.18 Å². The maximum absolute atomic E-state index is 12.3. The second-order valence-electron chi connectivity index (χ2n) is 3.25. The van der Waals surface area contributed by atoms with Gasteiger partial charge < -0.3 is 4.74 Å². The maximum atomic E-state index is 12.3. The number of nitrogens with zero attached hydrogens (tertiary/aromatic N) is 1. The Hall–Kier alpha value is -1.35. The predicted molar refractivity (Wildman–Crippen MR) is 59.1 cm³/mol. The molecule has 1 unspecified atom stereocenters. The summed E-state index contributed by atoms with van der Waals surface area (Å²) in [7, 11) is 0. The molecular formula is C11H10F3NOS. The van der Waals surface area contributed by atoms with E-state index in [2.05, 4.69) is 0 Å². The third-order valence-corrected chi connectivity index (χ3v) is 2.86. The largest absolute Gasteiger partial charge is 0.480 e. The van der Waals surface area contributed by atoms with E-state index in [-0.39, 0.29) is 11.3 Å². The van der Waals surface area contributed by atoms with Gasteiger partial charge in [0.1, 0.15) is 17.4 Å². The SMILES string of the molecule is CSc1cccc(OC(C)C(F)(F)F)c1C#N. The van der Waals surface area contributed by atoms with E-state index in [0.717, 1.165) is 6.92 Å². The van der Waals surface area contributed by atoms with Gasteiger partial charge in [0.05, 0.1) is 0 Å². The molecule has 0 amide bonds. The second kappa shape index (κ2) is 5.32. The maximum Gasteiger partial charge on any atom is 0.425 e. The van der Waals surface area contributed by atoms with Crippen LogP contribution in [0, 0.1) is 11.3 Å². The Labute approximate surface area is 101 Å². The molecule has 0 fully saturated rings. The Morgan fingerprint density at radius 3 is 2.53 bits per heavy atom. The zero-order valence-corrected chi connectivity index (χ0v) is 10.0. The van der Waals surface area contributed by atoms with Gasteiger partial charge in [-0.1, -0.05) is 6.07 Å². The first-order chi connectivity index (χ1) is 7.90. The van der Waals surface area contributed by atoms with Gasteiger partial charge in [-0.15, -0.1) is 11.8 Å². The van der Waals surface area contributed by atoms with Gasteiger partial charge in [0, 0.05) is 4.90 Å². The van der Waals surface area contributed by atoms with Crippen LogP contribution in [0.25, 0.3) is 0 Å². The smallest absolute Gasteiger partial charge is 0.425 e. The highest BCUT2D eigenvalue weighted by atomic mass is 32.2. The first-order valence-electron chi connectivity index (χ1n) is 4.70. The summed E-state index contributed by atoms with van der Waals surface area (Å²) >= 11 is 1.28. The molecule has 17 heavy (non-hydrogen) atoms. The zero-order chi connectivity index (χ0) is 13.1. The summed E-state index contributed by atoms with van der Waals surface area (Å²) in [6.07, 6.45) is -4.64. The second-order valence-corrected chi connectivity index (χ2v) is 4.09. The van der Waals surface area contributed by atoms with Gasteiger partial charge in [0.25, 0.3) is 0 Å². The van der Waals surface area contributed by atoms with Crippen molar-refractivity contribution in [3.8, 4) is 11.8 Å². The fraction of sp³-hybridized carbons (Fsp3) is 0.364. The lowest BCUT2D eigenvalue weighted by molar-refractivity contribution is -0.189. The highest BCUT2D eigenvalue weighted by Gasteiger charge is 2.38. The van der Waals surface area contributed by atoms with Gasteiger partial charge in [0.2, 0.25) is 0 Å². The van der Waals surface area contributed by atoms with E-state index in [0.29, 0.717) is 4.90 Å². The predicted octanol–water partition coefficient (Wildman–Crippen LogP) is 3.61. The lowest BCUT2D eigenvalue weighted by Crippen LogP contribution is -2.31. The molecule has 1 aromatic carbocycles. The normalized spacial score (nSPS) is 12.9. The lowest BCUT2D eigenvalue weighted by atomic mass is 10.2. The Morgan fingerprint density at radius 2 is 2.06 bits per heavy atom. The summed E-state index contributed by atoms with van der Waals surface area (Å²) < 4.78 is 41.8. The summed E-state index contributed by atoms with van der Waals surface area (Å²) in [6.45, 7) is 0.910. The molecule has 0 aliphatic rings. The van der Waals surface area contributed by atoms with E-state index in [4.69, 9.17) is 10.00 Å². The molecule has 0 aromatic heterocycles. The van der Waals surface area contributed by atoms with E-state index in [1.54, 1.807) is 18.4 Å². The Kier molecular flexibility index (Phi) is 4.29. The van der Waals surface area contributed by atoms with Crippen molar-refractivity contribution in [2.75, 3.05) is 6.26 Å². The van der Waals surface area contributed by atoms with E-state index in [1.807, 2.05) is 6.07 Å². The topological polar surface area (TPSA) is 33.0 Å². The van der Waals surface area contributed by atoms with E-state index < -0.39 is 12.3 Å². The number of hydrogen-bond acceptors (Lipinski definition) is 3. The van der Waals surface area contributed by atoms with Crippen LogP contribution >= 0.6 is 11.8 Å². The van der Waals surface area contributed by atoms with Gasteiger partial charge in [-0.2, -0.15) is 18.4 Å². The molecule has 0 spiro atoms. The molecule has 0 bridgehead atoms. The van der Waals surface area contributed by atoms with Gasteiger partial charge in [-0.05, 0) is 25.3 Å². The van der Waals surface area contributed by atoms with Crippen LogP contribution in [0.2, 0.25) is 0 Å². The number of ether oxygens (including phenoxy) is 1. The summed E-state index contributed by atoms with van der Waals surface area (Å²) in [5.41, 5.74) is 0.135. The van der Waals surface area contributed by atoms with Gasteiger partial charge in [0.15, 0.2) is 6.10 Å². The quantitative estimate of drug-likeness (QED) is 0.779. The molecule has 0 saturated heterocycles. The van der Waals surface area contributed by atoms with Gasteiger partial charge in [-0.3, -0.25) is 0 Å². The lowest BCUT2D eigenvalue weighted by Gasteiger charge is -2.18. The number of halogens is 3. The molecule has 0 saturated carbocycles. The van der Waals surface area contributed by atoms with Crippen molar-refractivity contribution in [3.63, 3.8) is 0 Å². The fourth-order valence-corrected chi connectivity index (χ4v) is 1.71. The van der Waals surface area contributed by atoms with E-state index >= 15 is 0 Å². The van der Waals surface area contributed by atoms with Crippen LogP contribution in [0.4, 0.5) is 13.2 Å². The van der Waals surface area contributed by atoms with Crippen LogP contribution < -0.4 is 4.74 Å². The minimum Gasteiger partial charge on any atom is -0.480 e. The number of hydrogen-bond donors (Lipinski definition) is 0. The minimum atomic E-state index is -4.44. The number of benzene rings is 1. The number of thioether (sulfide) groups is 1. The Balaban J connectivity index is 3.04. The number of nitriles is 1. The third-order valence-electron chi connectivity index (χ3n) is 2.08. The minimum absolute atomic E-state index is 0.0378. The summed E-state index contributed by atoms with van der Waals surface area (Å²) in [5, 5.41) is 8.92. The molecule has 92 valence electrons. The van der Waals surface area contributed by atoms with Crippen LogP contribution in [0.1, 0.15) is 12.5 Å². The summed E-state index contributed by atoms with van der Waals surface area (Å²) in [4.78, 5) is 0.597. The van der Waals surface area contributed by atoms with Crippen molar-refractivity contribution in [3.05, 3.63) is 23.8 Å². The zero-order valence-electron chi connectivity index (χ0n) is 9.21. The number of alkyl halides is 3. The molecular weight excluding hydrogens is 251 g/mol. The van der Waals surface area contributed by atoms with Crippen molar-refractivity contribution in [2.24, 2.45) is 0 Å². The molecule has 0 aliphatic carbocycles. The van der Waals surface area contributed by atoms with Crippen molar-refractivity contribution >= 4 is 11.8 Å². The molecule has 0 radical (unpaired) electrons. The summed E-state index contributed by atoms with van der Waals surface area (Å²) in [6, 6.07) is 6.44. The Bertz CT molecular complexity index is 439. The van der Waals surface area contributed by atoms with E-state index in [1.165, 1.54) is 17.8 Å². The molecule has 6 heteroatoms. The van der Waals surface area contributed by atoms with Crippen LogP contribution in [-0.2, 0) is 0 Å². The molecule has 1 rings (SSSR count).